The summed E-state index contributed by atoms with van der Waals surface area (Å²) >= 11 is 0. The Morgan fingerprint density at radius 1 is 1.24 bits per heavy atom. The zero-order valence-corrected chi connectivity index (χ0v) is 10.4. The molecule has 0 aromatic rings. The molecular formula is C12H22N2O3. The van der Waals surface area contributed by atoms with Crippen molar-refractivity contribution in [2.75, 3.05) is 13.1 Å². The summed E-state index contributed by atoms with van der Waals surface area (Å²) in [6.07, 6.45) is 4.04. The fourth-order valence-corrected chi connectivity index (χ4v) is 2.11. The lowest BCUT2D eigenvalue weighted by Crippen LogP contribution is -2.37. The molecule has 5 nitrogen and oxygen atoms in total. The van der Waals surface area contributed by atoms with E-state index in [1.165, 1.54) is 6.92 Å². The van der Waals surface area contributed by atoms with Crippen molar-refractivity contribution in [2.45, 2.75) is 45.1 Å². The molecule has 1 fully saturated rings. The average molecular weight is 242 g/mol. The minimum absolute atomic E-state index is 0.0727. The van der Waals surface area contributed by atoms with Crippen LogP contribution in [0.3, 0.4) is 0 Å². The van der Waals surface area contributed by atoms with Crippen molar-refractivity contribution in [3.8, 4) is 0 Å². The Bertz CT molecular complexity index is 268. The Labute approximate surface area is 102 Å². The predicted molar refractivity (Wildman–Crippen MR) is 64.3 cm³/mol. The third kappa shape index (κ3) is 5.68. The minimum atomic E-state index is -0.278. The molecule has 1 aliphatic rings. The molecule has 0 spiro atoms. The van der Waals surface area contributed by atoms with Crippen molar-refractivity contribution >= 4 is 11.8 Å². The number of amides is 2. The summed E-state index contributed by atoms with van der Waals surface area (Å²) in [6.45, 7) is 2.34. The summed E-state index contributed by atoms with van der Waals surface area (Å²) in [5, 5.41) is 15.1. The molecule has 3 N–H and O–H groups in total. The summed E-state index contributed by atoms with van der Waals surface area (Å²) in [5.74, 6) is -0.00880. The molecule has 5 heteroatoms. The molecule has 0 radical (unpaired) electrons. The predicted octanol–water partition coefficient (Wildman–Crippen LogP) is 0.180. The van der Waals surface area contributed by atoms with Crippen molar-refractivity contribution in [2.24, 2.45) is 5.92 Å². The lowest BCUT2D eigenvalue weighted by atomic mass is 9.86. The van der Waals surface area contributed by atoms with Crippen LogP contribution >= 0.6 is 0 Å². The van der Waals surface area contributed by atoms with Gasteiger partial charge >= 0.3 is 0 Å². The summed E-state index contributed by atoms with van der Waals surface area (Å²) in [6, 6.07) is 0. The van der Waals surface area contributed by atoms with Crippen molar-refractivity contribution in [1.29, 1.82) is 0 Å². The van der Waals surface area contributed by atoms with Crippen LogP contribution in [0.4, 0.5) is 0 Å². The molecule has 98 valence electrons. The van der Waals surface area contributed by atoms with Crippen LogP contribution < -0.4 is 10.6 Å². The van der Waals surface area contributed by atoms with E-state index in [0.717, 1.165) is 25.7 Å². The zero-order chi connectivity index (χ0) is 12.7. The Morgan fingerprint density at radius 2 is 1.94 bits per heavy atom. The molecule has 2 atom stereocenters. The highest BCUT2D eigenvalue weighted by molar-refractivity contribution is 5.77. The molecule has 0 heterocycles. The molecular weight excluding hydrogens is 220 g/mol. The Hall–Kier alpha value is -1.10. The van der Waals surface area contributed by atoms with Gasteiger partial charge in [0.1, 0.15) is 0 Å². The molecule has 0 aromatic heterocycles. The van der Waals surface area contributed by atoms with Crippen LogP contribution in [-0.2, 0) is 9.59 Å². The van der Waals surface area contributed by atoms with Gasteiger partial charge in [0.2, 0.25) is 11.8 Å². The first-order valence-corrected chi connectivity index (χ1v) is 6.29. The average Bonchev–Trinajstić information content (AvgIpc) is 2.27. The Morgan fingerprint density at radius 3 is 2.59 bits per heavy atom. The van der Waals surface area contributed by atoms with E-state index < -0.39 is 0 Å². The molecule has 2 amide bonds. The number of hydrogen-bond acceptors (Lipinski definition) is 3. The summed E-state index contributed by atoms with van der Waals surface area (Å²) in [7, 11) is 0. The third-order valence-corrected chi connectivity index (χ3v) is 3.16. The maximum Gasteiger partial charge on any atom is 0.221 e. The normalized spacial score (nSPS) is 24.1. The van der Waals surface area contributed by atoms with Gasteiger partial charge in [-0.3, -0.25) is 9.59 Å². The van der Waals surface area contributed by atoms with Gasteiger partial charge in [0.25, 0.3) is 0 Å². The maximum atomic E-state index is 11.4. The number of aliphatic hydroxyl groups is 1. The van der Waals surface area contributed by atoms with E-state index in [0.29, 0.717) is 19.5 Å². The van der Waals surface area contributed by atoms with E-state index in [4.69, 9.17) is 0 Å². The summed E-state index contributed by atoms with van der Waals surface area (Å²) in [4.78, 5) is 22.0. The molecule has 0 aromatic carbocycles. The largest absolute Gasteiger partial charge is 0.393 e. The lowest BCUT2D eigenvalue weighted by molar-refractivity contribution is -0.121. The fourth-order valence-electron chi connectivity index (χ4n) is 2.11. The van der Waals surface area contributed by atoms with Crippen molar-refractivity contribution in [1.82, 2.24) is 10.6 Å². The van der Waals surface area contributed by atoms with Crippen LogP contribution in [0.15, 0.2) is 0 Å². The zero-order valence-electron chi connectivity index (χ0n) is 10.4. The van der Waals surface area contributed by atoms with Crippen molar-refractivity contribution in [3.63, 3.8) is 0 Å². The van der Waals surface area contributed by atoms with Gasteiger partial charge in [0.05, 0.1) is 6.10 Å². The molecule has 0 bridgehead atoms. The van der Waals surface area contributed by atoms with Gasteiger partial charge < -0.3 is 15.7 Å². The first-order chi connectivity index (χ1) is 8.09. The minimum Gasteiger partial charge on any atom is -0.393 e. The van der Waals surface area contributed by atoms with E-state index in [1.54, 1.807) is 0 Å². The number of nitrogens with one attached hydrogen (secondary N) is 2. The molecule has 1 aliphatic carbocycles. The van der Waals surface area contributed by atoms with Gasteiger partial charge in [0, 0.05) is 32.4 Å². The number of aliphatic hydroxyl groups excluding tert-OH is 1. The molecule has 1 rings (SSSR count). The van der Waals surface area contributed by atoms with E-state index >= 15 is 0 Å². The van der Waals surface area contributed by atoms with Gasteiger partial charge in [0.15, 0.2) is 0 Å². The highest BCUT2D eigenvalue weighted by atomic mass is 16.3. The fraction of sp³-hybridized carbons (Fsp3) is 0.833. The second-order valence-corrected chi connectivity index (χ2v) is 4.65. The van der Waals surface area contributed by atoms with E-state index in [9.17, 15) is 14.7 Å². The van der Waals surface area contributed by atoms with Crippen LogP contribution in [0, 0.1) is 5.92 Å². The lowest BCUT2D eigenvalue weighted by Gasteiger charge is -2.27. The SMILES string of the molecule is CC(=O)NCCC(=O)NCC1CCCCC1O. The monoisotopic (exact) mass is 242 g/mol. The molecule has 1 saturated carbocycles. The summed E-state index contributed by atoms with van der Waals surface area (Å²) < 4.78 is 0. The van der Waals surface area contributed by atoms with Gasteiger partial charge in [-0.25, -0.2) is 0 Å². The second kappa shape index (κ2) is 7.27. The number of rotatable bonds is 5. The van der Waals surface area contributed by atoms with Crippen molar-refractivity contribution in [3.05, 3.63) is 0 Å². The smallest absolute Gasteiger partial charge is 0.221 e. The molecule has 2 unspecified atom stereocenters. The van der Waals surface area contributed by atoms with Gasteiger partial charge in [-0.05, 0) is 12.8 Å². The first-order valence-electron chi connectivity index (χ1n) is 6.29. The quantitative estimate of drug-likeness (QED) is 0.643. The number of carbonyl (C=O) groups excluding carboxylic acids is 2. The maximum absolute atomic E-state index is 11.4. The first kappa shape index (κ1) is 14.0. The van der Waals surface area contributed by atoms with E-state index in [-0.39, 0.29) is 23.8 Å². The standard InChI is InChI=1S/C12H22N2O3/c1-9(15)13-7-6-12(17)14-8-10-4-2-3-5-11(10)16/h10-11,16H,2-8H2,1H3,(H,13,15)(H,14,17). The Balaban J connectivity index is 2.12. The van der Waals surface area contributed by atoms with E-state index in [1.807, 2.05) is 0 Å². The summed E-state index contributed by atoms with van der Waals surface area (Å²) in [5.41, 5.74) is 0. The Kier molecular flexibility index (Phi) is 5.97. The van der Waals surface area contributed by atoms with Crippen LogP contribution in [0.5, 0.6) is 0 Å². The highest BCUT2D eigenvalue weighted by Gasteiger charge is 2.23. The highest BCUT2D eigenvalue weighted by Crippen LogP contribution is 2.23. The topological polar surface area (TPSA) is 78.4 Å². The molecule has 0 saturated heterocycles. The molecule has 17 heavy (non-hydrogen) atoms. The van der Waals surface area contributed by atoms with Crippen LogP contribution in [0.2, 0.25) is 0 Å². The third-order valence-electron chi connectivity index (χ3n) is 3.16. The van der Waals surface area contributed by atoms with Crippen LogP contribution in [0.1, 0.15) is 39.0 Å². The number of carbonyl (C=O) groups is 2. The van der Waals surface area contributed by atoms with Gasteiger partial charge in [-0.15, -0.1) is 0 Å². The second-order valence-electron chi connectivity index (χ2n) is 4.65. The van der Waals surface area contributed by atoms with Crippen LogP contribution in [-0.4, -0.2) is 36.1 Å². The number of hydrogen-bond donors (Lipinski definition) is 3. The van der Waals surface area contributed by atoms with E-state index in [2.05, 4.69) is 10.6 Å². The van der Waals surface area contributed by atoms with Gasteiger partial charge in [-0.2, -0.15) is 0 Å². The van der Waals surface area contributed by atoms with Crippen LogP contribution in [0.25, 0.3) is 0 Å². The van der Waals surface area contributed by atoms with Crippen molar-refractivity contribution < 1.29 is 14.7 Å². The molecule has 0 aliphatic heterocycles. The van der Waals surface area contributed by atoms with Gasteiger partial charge in [-0.1, -0.05) is 12.8 Å².